The minimum atomic E-state index is -3.67. The van der Waals surface area contributed by atoms with Crippen molar-refractivity contribution in [2.24, 2.45) is 5.92 Å². The Morgan fingerprint density at radius 1 is 0.958 bits per heavy atom. The molecule has 1 heterocycles. The van der Waals surface area contributed by atoms with E-state index in [4.69, 9.17) is 4.74 Å². The summed E-state index contributed by atoms with van der Waals surface area (Å²) in [6.45, 7) is 6.97. The van der Waals surface area contributed by atoms with Crippen LogP contribution in [0.3, 0.4) is 0 Å². The predicted molar refractivity (Wildman–Crippen MR) is 90.6 cm³/mol. The van der Waals surface area contributed by atoms with Crippen LogP contribution in [0.2, 0.25) is 0 Å². The first-order valence-corrected chi connectivity index (χ1v) is 10.8. The molecule has 2 rings (SSSR count). The predicted octanol–water partition coefficient (Wildman–Crippen LogP) is 1.03. The lowest BCUT2D eigenvalue weighted by Crippen LogP contribution is -2.40. The van der Waals surface area contributed by atoms with Crippen LogP contribution in [0.25, 0.3) is 0 Å². The standard InChI is InChI=1S/C15H24N2O5S2/c1-12(2)13(3)16-23(18,19)14-4-6-15(7-5-14)24(20,21)17-8-10-22-11-9-17/h4-7,12-13,16H,8-11H2,1-3H3/t13-/m1/s1. The summed E-state index contributed by atoms with van der Waals surface area (Å²) in [5.74, 6) is 0.153. The number of ether oxygens (including phenoxy) is 1. The molecular formula is C15H24N2O5S2. The Bertz CT molecular complexity index is 752. The van der Waals surface area contributed by atoms with Crippen molar-refractivity contribution < 1.29 is 21.6 Å². The lowest BCUT2D eigenvalue weighted by Gasteiger charge is -2.26. The SMILES string of the molecule is CC(C)[C@@H](C)NS(=O)(=O)c1ccc(S(=O)(=O)N2CCOCC2)cc1. The third-order valence-corrected chi connectivity index (χ3v) is 7.57. The molecule has 0 aromatic heterocycles. The molecule has 7 nitrogen and oxygen atoms in total. The van der Waals surface area contributed by atoms with E-state index in [1.165, 1.54) is 28.6 Å². The maximum Gasteiger partial charge on any atom is 0.243 e. The molecule has 0 unspecified atom stereocenters. The minimum Gasteiger partial charge on any atom is -0.379 e. The van der Waals surface area contributed by atoms with Crippen molar-refractivity contribution in [2.45, 2.75) is 36.6 Å². The molecule has 1 aromatic carbocycles. The van der Waals surface area contributed by atoms with Crippen LogP contribution in [0.4, 0.5) is 0 Å². The van der Waals surface area contributed by atoms with Crippen molar-refractivity contribution in [1.29, 1.82) is 0 Å². The van der Waals surface area contributed by atoms with Gasteiger partial charge >= 0.3 is 0 Å². The maximum absolute atomic E-state index is 12.5. The average molecular weight is 377 g/mol. The number of morpholine rings is 1. The van der Waals surface area contributed by atoms with E-state index in [0.29, 0.717) is 26.3 Å². The Labute approximate surface area is 144 Å². The van der Waals surface area contributed by atoms with Crippen molar-refractivity contribution in [2.75, 3.05) is 26.3 Å². The molecule has 0 bridgehead atoms. The van der Waals surface area contributed by atoms with E-state index in [1.807, 2.05) is 13.8 Å². The Kier molecular flexibility index (Phi) is 6.03. The van der Waals surface area contributed by atoms with Crippen molar-refractivity contribution in [3.63, 3.8) is 0 Å². The van der Waals surface area contributed by atoms with Gasteiger partial charge in [-0.3, -0.25) is 0 Å². The second-order valence-electron chi connectivity index (χ2n) is 6.14. The highest BCUT2D eigenvalue weighted by Crippen LogP contribution is 2.20. The van der Waals surface area contributed by atoms with E-state index in [-0.39, 0.29) is 21.8 Å². The summed E-state index contributed by atoms with van der Waals surface area (Å²) < 4.78 is 58.8. The van der Waals surface area contributed by atoms with Crippen molar-refractivity contribution >= 4 is 20.0 Å². The molecule has 1 aliphatic heterocycles. The van der Waals surface area contributed by atoms with Crippen molar-refractivity contribution in [1.82, 2.24) is 9.03 Å². The summed E-state index contributed by atoms with van der Waals surface area (Å²) >= 11 is 0. The molecule has 0 saturated carbocycles. The molecule has 1 atom stereocenters. The highest BCUT2D eigenvalue weighted by Gasteiger charge is 2.27. The molecule has 0 spiro atoms. The number of rotatable bonds is 6. The summed E-state index contributed by atoms with van der Waals surface area (Å²) in [6.07, 6.45) is 0. The van der Waals surface area contributed by atoms with Crippen molar-refractivity contribution in [3.8, 4) is 0 Å². The van der Waals surface area contributed by atoms with Gasteiger partial charge in [0.05, 0.1) is 23.0 Å². The molecule has 24 heavy (non-hydrogen) atoms. The first-order chi connectivity index (χ1) is 11.1. The van der Waals surface area contributed by atoms with Gasteiger partial charge in [0.1, 0.15) is 0 Å². The van der Waals surface area contributed by atoms with Crippen LogP contribution in [0.15, 0.2) is 34.1 Å². The van der Waals surface area contributed by atoms with Gasteiger partial charge in [0.15, 0.2) is 0 Å². The fraction of sp³-hybridized carbons (Fsp3) is 0.600. The Balaban J connectivity index is 2.21. The molecule has 0 amide bonds. The molecule has 0 aliphatic carbocycles. The van der Waals surface area contributed by atoms with Gasteiger partial charge < -0.3 is 4.74 Å². The Hall–Kier alpha value is -1.00. The first kappa shape index (κ1) is 19.3. The van der Waals surface area contributed by atoms with E-state index < -0.39 is 20.0 Å². The van der Waals surface area contributed by atoms with E-state index in [9.17, 15) is 16.8 Å². The molecule has 1 aliphatic rings. The quantitative estimate of drug-likeness (QED) is 0.800. The number of hydrogen-bond donors (Lipinski definition) is 1. The minimum absolute atomic E-state index is 0.0518. The highest BCUT2D eigenvalue weighted by atomic mass is 32.2. The molecule has 1 aromatic rings. The fourth-order valence-electron chi connectivity index (χ4n) is 2.18. The fourth-order valence-corrected chi connectivity index (χ4v) is 4.98. The number of nitrogens with one attached hydrogen (secondary N) is 1. The zero-order chi connectivity index (χ0) is 18.0. The largest absolute Gasteiger partial charge is 0.379 e. The van der Waals surface area contributed by atoms with Gasteiger partial charge in [-0.15, -0.1) is 0 Å². The number of sulfonamides is 2. The van der Waals surface area contributed by atoms with Gasteiger partial charge in [0, 0.05) is 19.1 Å². The highest BCUT2D eigenvalue weighted by molar-refractivity contribution is 7.89. The summed E-state index contributed by atoms with van der Waals surface area (Å²) in [7, 11) is -7.29. The third kappa shape index (κ3) is 4.34. The molecule has 136 valence electrons. The summed E-state index contributed by atoms with van der Waals surface area (Å²) in [5, 5.41) is 0. The summed E-state index contributed by atoms with van der Waals surface area (Å²) in [6, 6.07) is 5.09. The monoisotopic (exact) mass is 376 g/mol. The van der Waals surface area contributed by atoms with Gasteiger partial charge in [-0.2, -0.15) is 4.31 Å². The van der Waals surface area contributed by atoms with Crippen LogP contribution >= 0.6 is 0 Å². The lowest BCUT2D eigenvalue weighted by molar-refractivity contribution is 0.0730. The van der Waals surface area contributed by atoms with Crippen molar-refractivity contribution in [3.05, 3.63) is 24.3 Å². The smallest absolute Gasteiger partial charge is 0.243 e. The molecule has 1 saturated heterocycles. The van der Waals surface area contributed by atoms with E-state index in [1.54, 1.807) is 6.92 Å². The lowest BCUT2D eigenvalue weighted by atomic mass is 10.1. The van der Waals surface area contributed by atoms with Crippen LogP contribution < -0.4 is 4.72 Å². The molecule has 1 N–H and O–H groups in total. The number of nitrogens with zero attached hydrogens (tertiary/aromatic N) is 1. The van der Waals surface area contributed by atoms with Crippen LogP contribution in [-0.4, -0.2) is 53.5 Å². The third-order valence-electron chi connectivity index (χ3n) is 4.08. The summed E-state index contributed by atoms with van der Waals surface area (Å²) in [5.41, 5.74) is 0. The van der Waals surface area contributed by atoms with Gasteiger partial charge in [0.2, 0.25) is 20.0 Å². The topological polar surface area (TPSA) is 92.8 Å². The van der Waals surface area contributed by atoms with E-state index in [2.05, 4.69) is 4.72 Å². The molecule has 1 fully saturated rings. The Morgan fingerprint density at radius 3 is 1.96 bits per heavy atom. The molecular weight excluding hydrogens is 352 g/mol. The van der Waals surface area contributed by atoms with Crippen LogP contribution in [0.1, 0.15) is 20.8 Å². The van der Waals surface area contributed by atoms with E-state index >= 15 is 0 Å². The van der Waals surface area contributed by atoms with Crippen LogP contribution in [-0.2, 0) is 24.8 Å². The zero-order valence-corrected chi connectivity index (χ0v) is 15.7. The van der Waals surface area contributed by atoms with Gasteiger partial charge in [-0.05, 0) is 37.1 Å². The molecule has 9 heteroatoms. The van der Waals surface area contributed by atoms with Crippen LogP contribution in [0, 0.1) is 5.92 Å². The summed E-state index contributed by atoms with van der Waals surface area (Å²) in [4.78, 5) is 0.135. The van der Waals surface area contributed by atoms with Gasteiger partial charge in [-0.1, -0.05) is 13.8 Å². The maximum atomic E-state index is 12.5. The van der Waals surface area contributed by atoms with Gasteiger partial charge in [0.25, 0.3) is 0 Å². The second-order valence-corrected chi connectivity index (χ2v) is 9.79. The number of benzene rings is 1. The zero-order valence-electron chi connectivity index (χ0n) is 14.1. The number of hydrogen-bond acceptors (Lipinski definition) is 5. The first-order valence-electron chi connectivity index (χ1n) is 7.85. The van der Waals surface area contributed by atoms with E-state index in [0.717, 1.165) is 0 Å². The average Bonchev–Trinajstić information content (AvgIpc) is 2.55. The second kappa shape index (κ2) is 7.49. The molecule has 0 radical (unpaired) electrons. The Morgan fingerprint density at radius 2 is 1.46 bits per heavy atom. The normalized spacial score (nSPS) is 18.7. The van der Waals surface area contributed by atoms with Gasteiger partial charge in [-0.25, -0.2) is 21.6 Å². The van der Waals surface area contributed by atoms with Crippen LogP contribution in [0.5, 0.6) is 0 Å².